The van der Waals surface area contributed by atoms with Crippen LogP contribution in [-0.4, -0.2) is 33.9 Å². The highest BCUT2D eigenvalue weighted by Crippen LogP contribution is 2.28. The number of pyridine rings is 1. The van der Waals surface area contributed by atoms with E-state index in [4.69, 9.17) is 0 Å². The molecule has 112 valence electrons. The van der Waals surface area contributed by atoms with Gasteiger partial charge in [0.1, 0.15) is 9.88 Å². The van der Waals surface area contributed by atoms with Crippen LogP contribution in [0.3, 0.4) is 0 Å². The van der Waals surface area contributed by atoms with Crippen LogP contribution in [0.15, 0.2) is 24.5 Å². The molecule has 0 unspecified atom stereocenters. The number of aryl methyl sites for hydroxylation is 1. The largest absolute Gasteiger partial charge is 0.338 e. The first-order chi connectivity index (χ1) is 10.2. The summed E-state index contributed by atoms with van der Waals surface area (Å²) in [6.07, 6.45) is 5.46. The van der Waals surface area contributed by atoms with E-state index in [1.54, 1.807) is 12.4 Å². The second kappa shape index (κ2) is 7.31. The van der Waals surface area contributed by atoms with Crippen molar-refractivity contribution >= 4 is 17.2 Å². The standard InChI is InChI=1S/C16H21N3OS/c1-4-9-19(10-5-2)16(20)14-12(3)18-15(21-14)13-7-6-8-17-11-13/h6-8,11H,4-5,9-10H2,1-3H3. The van der Waals surface area contributed by atoms with Gasteiger partial charge in [0, 0.05) is 31.0 Å². The molecule has 0 aliphatic carbocycles. The van der Waals surface area contributed by atoms with Crippen molar-refractivity contribution in [2.75, 3.05) is 13.1 Å². The lowest BCUT2D eigenvalue weighted by atomic mass is 10.3. The van der Waals surface area contributed by atoms with Crippen molar-refractivity contribution in [2.24, 2.45) is 0 Å². The first-order valence-corrected chi connectivity index (χ1v) is 8.16. The quantitative estimate of drug-likeness (QED) is 0.816. The zero-order chi connectivity index (χ0) is 15.2. The molecule has 2 aromatic heterocycles. The summed E-state index contributed by atoms with van der Waals surface area (Å²) in [5.41, 5.74) is 1.77. The van der Waals surface area contributed by atoms with E-state index in [1.165, 1.54) is 11.3 Å². The molecule has 4 nitrogen and oxygen atoms in total. The number of carbonyl (C=O) groups is 1. The van der Waals surface area contributed by atoms with Gasteiger partial charge < -0.3 is 4.90 Å². The summed E-state index contributed by atoms with van der Waals surface area (Å²) >= 11 is 1.46. The second-order valence-electron chi connectivity index (χ2n) is 4.97. The minimum Gasteiger partial charge on any atom is -0.338 e. The molecular formula is C16H21N3OS. The van der Waals surface area contributed by atoms with Gasteiger partial charge in [0.25, 0.3) is 5.91 Å². The van der Waals surface area contributed by atoms with Crippen molar-refractivity contribution in [3.63, 3.8) is 0 Å². The Hall–Kier alpha value is -1.75. The van der Waals surface area contributed by atoms with Crippen molar-refractivity contribution in [3.8, 4) is 10.6 Å². The van der Waals surface area contributed by atoms with Crippen molar-refractivity contribution in [3.05, 3.63) is 35.1 Å². The summed E-state index contributed by atoms with van der Waals surface area (Å²) in [6, 6.07) is 3.85. The van der Waals surface area contributed by atoms with Crippen molar-refractivity contribution in [2.45, 2.75) is 33.6 Å². The van der Waals surface area contributed by atoms with Gasteiger partial charge in [0.15, 0.2) is 0 Å². The second-order valence-corrected chi connectivity index (χ2v) is 5.97. The lowest BCUT2D eigenvalue weighted by molar-refractivity contribution is 0.0759. The normalized spacial score (nSPS) is 10.6. The highest BCUT2D eigenvalue weighted by molar-refractivity contribution is 7.17. The number of rotatable bonds is 6. The number of hydrogen-bond donors (Lipinski definition) is 0. The Labute approximate surface area is 129 Å². The lowest BCUT2D eigenvalue weighted by Crippen LogP contribution is -2.32. The van der Waals surface area contributed by atoms with Crippen LogP contribution >= 0.6 is 11.3 Å². The van der Waals surface area contributed by atoms with Gasteiger partial charge in [0.2, 0.25) is 0 Å². The van der Waals surface area contributed by atoms with Crippen LogP contribution in [0.4, 0.5) is 0 Å². The number of thiazole rings is 1. The average Bonchev–Trinajstić information content (AvgIpc) is 2.89. The third kappa shape index (κ3) is 3.67. The molecule has 0 saturated carbocycles. The van der Waals surface area contributed by atoms with E-state index in [2.05, 4.69) is 23.8 Å². The molecule has 0 fully saturated rings. The van der Waals surface area contributed by atoms with E-state index in [0.29, 0.717) is 0 Å². The van der Waals surface area contributed by atoms with Gasteiger partial charge in [-0.25, -0.2) is 4.98 Å². The highest BCUT2D eigenvalue weighted by atomic mass is 32.1. The first-order valence-electron chi connectivity index (χ1n) is 7.34. The summed E-state index contributed by atoms with van der Waals surface area (Å²) in [7, 11) is 0. The summed E-state index contributed by atoms with van der Waals surface area (Å²) in [6.45, 7) is 7.69. The Balaban J connectivity index is 2.28. The third-order valence-corrected chi connectivity index (χ3v) is 4.37. The maximum absolute atomic E-state index is 12.7. The fourth-order valence-electron chi connectivity index (χ4n) is 2.21. The van der Waals surface area contributed by atoms with Crippen LogP contribution < -0.4 is 0 Å². The van der Waals surface area contributed by atoms with E-state index < -0.39 is 0 Å². The summed E-state index contributed by atoms with van der Waals surface area (Å²) < 4.78 is 0. The summed E-state index contributed by atoms with van der Waals surface area (Å²) in [4.78, 5) is 24.0. The summed E-state index contributed by atoms with van der Waals surface area (Å²) in [5, 5.41) is 0.858. The SMILES string of the molecule is CCCN(CCC)C(=O)c1sc(-c2cccnc2)nc1C. The molecule has 2 heterocycles. The van der Waals surface area contributed by atoms with E-state index in [1.807, 2.05) is 24.0 Å². The Bertz CT molecular complexity index is 589. The molecule has 21 heavy (non-hydrogen) atoms. The first kappa shape index (κ1) is 15.6. The predicted molar refractivity (Wildman–Crippen MR) is 86.6 cm³/mol. The van der Waals surface area contributed by atoms with Gasteiger partial charge in [-0.2, -0.15) is 0 Å². The number of amides is 1. The maximum atomic E-state index is 12.7. The molecule has 2 rings (SSSR count). The van der Waals surface area contributed by atoms with Crippen molar-refractivity contribution < 1.29 is 4.79 Å². The predicted octanol–water partition coefficient (Wildman–Crippen LogP) is 3.78. The molecule has 1 amide bonds. The number of nitrogens with zero attached hydrogens (tertiary/aromatic N) is 3. The highest BCUT2D eigenvalue weighted by Gasteiger charge is 2.21. The molecule has 0 atom stereocenters. The molecular weight excluding hydrogens is 282 g/mol. The molecule has 0 radical (unpaired) electrons. The molecule has 5 heteroatoms. The van der Waals surface area contributed by atoms with Crippen LogP contribution in [0.25, 0.3) is 10.6 Å². The molecule has 0 aliphatic rings. The van der Waals surface area contributed by atoms with Crippen LogP contribution in [0.2, 0.25) is 0 Å². The fraction of sp³-hybridized carbons (Fsp3) is 0.438. The van der Waals surface area contributed by atoms with E-state index in [0.717, 1.165) is 47.1 Å². The Morgan fingerprint density at radius 3 is 2.57 bits per heavy atom. The van der Waals surface area contributed by atoms with Gasteiger partial charge in [-0.1, -0.05) is 13.8 Å². The zero-order valence-electron chi connectivity index (χ0n) is 12.8. The van der Waals surface area contributed by atoms with Crippen LogP contribution in [0.1, 0.15) is 42.1 Å². The smallest absolute Gasteiger partial charge is 0.265 e. The topological polar surface area (TPSA) is 46.1 Å². The maximum Gasteiger partial charge on any atom is 0.265 e. The van der Waals surface area contributed by atoms with Crippen molar-refractivity contribution in [1.82, 2.24) is 14.9 Å². The molecule has 0 spiro atoms. The summed E-state index contributed by atoms with van der Waals surface area (Å²) in [5.74, 6) is 0.101. The molecule has 0 aliphatic heterocycles. The van der Waals surface area contributed by atoms with E-state index in [-0.39, 0.29) is 5.91 Å². The Morgan fingerprint density at radius 2 is 2.00 bits per heavy atom. The van der Waals surface area contributed by atoms with Crippen LogP contribution in [-0.2, 0) is 0 Å². The number of carbonyl (C=O) groups excluding carboxylic acids is 1. The molecule has 2 aromatic rings. The average molecular weight is 303 g/mol. The Kier molecular flexibility index (Phi) is 5.44. The van der Waals surface area contributed by atoms with Gasteiger partial charge in [0.05, 0.1) is 5.69 Å². The van der Waals surface area contributed by atoms with Gasteiger partial charge >= 0.3 is 0 Å². The molecule has 0 N–H and O–H groups in total. The van der Waals surface area contributed by atoms with Gasteiger partial charge in [-0.05, 0) is 31.9 Å². The monoisotopic (exact) mass is 303 g/mol. The Morgan fingerprint density at radius 1 is 1.29 bits per heavy atom. The molecule has 0 bridgehead atoms. The third-order valence-electron chi connectivity index (χ3n) is 3.17. The van der Waals surface area contributed by atoms with Crippen LogP contribution in [0.5, 0.6) is 0 Å². The van der Waals surface area contributed by atoms with E-state index in [9.17, 15) is 4.79 Å². The zero-order valence-corrected chi connectivity index (χ0v) is 13.6. The fourth-order valence-corrected chi connectivity index (χ4v) is 3.23. The molecule has 0 aromatic carbocycles. The van der Waals surface area contributed by atoms with Gasteiger partial charge in [-0.15, -0.1) is 11.3 Å². The van der Waals surface area contributed by atoms with Crippen LogP contribution in [0, 0.1) is 6.92 Å². The molecule has 0 saturated heterocycles. The minimum atomic E-state index is 0.101. The van der Waals surface area contributed by atoms with E-state index >= 15 is 0 Å². The van der Waals surface area contributed by atoms with Gasteiger partial charge in [-0.3, -0.25) is 9.78 Å². The van der Waals surface area contributed by atoms with Crippen molar-refractivity contribution in [1.29, 1.82) is 0 Å². The number of aromatic nitrogens is 2. The number of hydrogen-bond acceptors (Lipinski definition) is 4. The lowest BCUT2D eigenvalue weighted by Gasteiger charge is -2.20. The minimum absolute atomic E-state index is 0.101.